The second kappa shape index (κ2) is 11.2. The van der Waals surface area contributed by atoms with Crippen LogP contribution in [0.2, 0.25) is 0 Å². The third kappa shape index (κ3) is 5.94. The Morgan fingerprint density at radius 3 is 2.66 bits per heavy atom. The van der Waals surface area contributed by atoms with E-state index in [0.717, 1.165) is 80.8 Å². The van der Waals surface area contributed by atoms with Crippen molar-refractivity contribution >= 4 is 5.96 Å². The summed E-state index contributed by atoms with van der Waals surface area (Å²) in [4.78, 5) is 9.66. The third-order valence-electron chi connectivity index (χ3n) is 6.12. The minimum absolute atomic E-state index is 0.300. The molecule has 0 radical (unpaired) electrons. The number of nitrogens with zero attached hydrogens (tertiary/aromatic N) is 4. The molecule has 1 saturated heterocycles. The summed E-state index contributed by atoms with van der Waals surface area (Å²) < 4.78 is 16.7. The Labute approximate surface area is 190 Å². The molecule has 8 nitrogen and oxygen atoms in total. The van der Waals surface area contributed by atoms with Crippen LogP contribution >= 0.6 is 0 Å². The molecule has 1 N–H and O–H groups in total. The second-order valence-electron chi connectivity index (χ2n) is 8.43. The summed E-state index contributed by atoms with van der Waals surface area (Å²) in [5.41, 5.74) is 2.10. The van der Waals surface area contributed by atoms with Crippen molar-refractivity contribution in [3.05, 3.63) is 41.8 Å². The van der Waals surface area contributed by atoms with E-state index in [9.17, 15) is 0 Å². The fourth-order valence-electron chi connectivity index (χ4n) is 4.36. The van der Waals surface area contributed by atoms with Crippen LogP contribution in [0.15, 0.2) is 40.0 Å². The molecule has 1 aromatic heterocycles. The van der Waals surface area contributed by atoms with Crippen molar-refractivity contribution in [2.45, 2.75) is 51.8 Å². The van der Waals surface area contributed by atoms with Crippen molar-refractivity contribution in [1.82, 2.24) is 20.3 Å². The Morgan fingerprint density at radius 2 is 1.97 bits per heavy atom. The highest BCUT2D eigenvalue weighted by molar-refractivity contribution is 5.80. The molecule has 1 aliphatic heterocycles. The molecule has 8 heteroatoms. The zero-order valence-electron chi connectivity index (χ0n) is 19.3. The third-order valence-corrected chi connectivity index (χ3v) is 6.12. The molecule has 2 fully saturated rings. The highest BCUT2D eigenvalue weighted by atomic mass is 16.5. The van der Waals surface area contributed by atoms with Crippen LogP contribution in [-0.4, -0.2) is 66.9 Å². The molecule has 1 aliphatic carbocycles. The molecule has 1 saturated carbocycles. The van der Waals surface area contributed by atoms with Crippen LogP contribution in [0.25, 0.3) is 0 Å². The first-order chi connectivity index (χ1) is 15.7. The quantitative estimate of drug-likeness (QED) is 0.498. The molecule has 2 aliphatic rings. The smallest absolute Gasteiger partial charge is 0.194 e. The number of nitrogens with one attached hydrogen (secondary N) is 1. The van der Waals surface area contributed by atoms with Gasteiger partial charge in [-0.25, -0.2) is 4.99 Å². The Morgan fingerprint density at radius 1 is 1.16 bits per heavy atom. The van der Waals surface area contributed by atoms with Gasteiger partial charge in [0.25, 0.3) is 0 Å². The molecule has 2 aromatic rings. The fourth-order valence-corrected chi connectivity index (χ4v) is 4.36. The Kier molecular flexibility index (Phi) is 7.87. The van der Waals surface area contributed by atoms with E-state index in [-0.39, 0.29) is 0 Å². The lowest BCUT2D eigenvalue weighted by Gasteiger charge is -2.36. The number of rotatable bonds is 8. The lowest BCUT2D eigenvalue weighted by atomic mass is 10.2. The van der Waals surface area contributed by atoms with Gasteiger partial charge in [0, 0.05) is 45.3 Å². The molecule has 0 amide bonds. The minimum atomic E-state index is 0.300. The van der Waals surface area contributed by atoms with Crippen molar-refractivity contribution in [3.63, 3.8) is 0 Å². The summed E-state index contributed by atoms with van der Waals surface area (Å²) >= 11 is 0. The zero-order chi connectivity index (χ0) is 22.2. The normalized spacial score (nSPS) is 18.2. The number of guanidine groups is 1. The van der Waals surface area contributed by atoms with Gasteiger partial charge in [0.05, 0.1) is 25.5 Å². The Bertz CT molecular complexity index is 857. The average molecular weight is 442 g/mol. The van der Waals surface area contributed by atoms with Gasteiger partial charge in [-0.3, -0.25) is 4.90 Å². The van der Waals surface area contributed by atoms with Gasteiger partial charge in [0.15, 0.2) is 17.5 Å². The topological polar surface area (TPSA) is 75.4 Å². The molecule has 32 heavy (non-hydrogen) atoms. The van der Waals surface area contributed by atoms with Crippen LogP contribution in [0.3, 0.4) is 0 Å². The number of benzene rings is 1. The summed E-state index contributed by atoms with van der Waals surface area (Å²) in [5, 5.41) is 7.48. The maximum atomic E-state index is 6.25. The molecule has 2 heterocycles. The van der Waals surface area contributed by atoms with Crippen LogP contribution in [-0.2, 0) is 13.1 Å². The molecule has 0 unspecified atom stereocenters. The van der Waals surface area contributed by atoms with Gasteiger partial charge in [-0.05, 0) is 50.3 Å². The lowest BCUT2D eigenvalue weighted by Crippen LogP contribution is -2.52. The van der Waals surface area contributed by atoms with E-state index in [0.29, 0.717) is 12.6 Å². The van der Waals surface area contributed by atoms with E-state index in [1.54, 1.807) is 13.4 Å². The van der Waals surface area contributed by atoms with Gasteiger partial charge in [-0.15, -0.1) is 0 Å². The van der Waals surface area contributed by atoms with Crippen LogP contribution < -0.4 is 14.8 Å². The van der Waals surface area contributed by atoms with Crippen LogP contribution in [0.4, 0.5) is 0 Å². The van der Waals surface area contributed by atoms with Gasteiger partial charge in [0.2, 0.25) is 0 Å². The van der Waals surface area contributed by atoms with E-state index in [1.165, 1.54) is 12.8 Å². The van der Waals surface area contributed by atoms with Crippen LogP contribution in [0.5, 0.6) is 11.5 Å². The van der Waals surface area contributed by atoms with Gasteiger partial charge >= 0.3 is 0 Å². The second-order valence-corrected chi connectivity index (χ2v) is 8.43. The van der Waals surface area contributed by atoms with Crippen molar-refractivity contribution in [1.29, 1.82) is 0 Å². The predicted octanol–water partition coefficient (Wildman–Crippen LogP) is 3.29. The number of ether oxygens (including phenoxy) is 2. The number of aliphatic imine (C=N–C) groups is 1. The first kappa shape index (κ1) is 22.5. The summed E-state index contributed by atoms with van der Waals surface area (Å²) in [7, 11) is 1.69. The monoisotopic (exact) mass is 441 g/mol. The molecule has 0 bridgehead atoms. The predicted molar refractivity (Wildman–Crippen MR) is 124 cm³/mol. The Hall–Kier alpha value is -2.74. The number of piperazine rings is 1. The van der Waals surface area contributed by atoms with E-state index < -0.39 is 0 Å². The summed E-state index contributed by atoms with van der Waals surface area (Å²) in [6.07, 6.45) is 6.67. The van der Waals surface area contributed by atoms with E-state index in [2.05, 4.69) is 39.3 Å². The lowest BCUT2D eigenvalue weighted by molar-refractivity contribution is 0.169. The van der Waals surface area contributed by atoms with Gasteiger partial charge < -0.3 is 24.2 Å². The molecule has 0 spiro atoms. The molecule has 174 valence electrons. The largest absolute Gasteiger partial charge is 0.493 e. The molecule has 0 atom stereocenters. The van der Waals surface area contributed by atoms with Crippen LogP contribution in [0.1, 0.15) is 43.9 Å². The van der Waals surface area contributed by atoms with Gasteiger partial charge in [-0.1, -0.05) is 11.2 Å². The van der Waals surface area contributed by atoms with E-state index >= 15 is 0 Å². The molecular weight excluding hydrogens is 406 g/mol. The van der Waals surface area contributed by atoms with Crippen LogP contribution in [0, 0.1) is 0 Å². The Balaban J connectivity index is 1.37. The highest BCUT2D eigenvalue weighted by Crippen LogP contribution is 2.32. The summed E-state index contributed by atoms with van der Waals surface area (Å²) in [6.45, 7) is 8.19. The first-order valence-electron chi connectivity index (χ1n) is 11.7. The van der Waals surface area contributed by atoms with Crippen molar-refractivity contribution in [2.75, 3.05) is 39.8 Å². The number of aromatic nitrogens is 1. The first-order valence-corrected chi connectivity index (χ1v) is 11.7. The standard InChI is InChI=1S/C24H35N5O3/c1-3-25-24(29-13-11-28(12-14-29)18-20-10-15-31-27-20)26-17-19-8-9-22(30-2)23(16-19)32-21-6-4-5-7-21/h8-10,15-16,21H,3-7,11-14,17-18H2,1-2H3,(H,25,26). The van der Waals surface area contributed by atoms with Crippen molar-refractivity contribution < 1.29 is 14.0 Å². The maximum Gasteiger partial charge on any atom is 0.194 e. The molecular formula is C24H35N5O3. The number of hydrogen-bond acceptors (Lipinski definition) is 6. The summed E-state index contributed by atoms with van der Waals surface area (Å²) in [6, 6.07) is 8.07. The summed E-state index contributed by atoms with van der Waals surface area (Å²) in [5.74, 6) is 2.58. The minimum Gasteiger partial charge on any atom is -0.493 e. The van der Waals surface area contributed by atoms with E-state index in [1.807, 2.05) is 12.1 Å². The average Bonchev–Trinajstić information content (AvgIpc) is 3.52. The zero-order valence-corrected chi connectivity index (χ0v) is 19.3. The number of hydrogen-bond donors (Lipinski definition) is 1. The van der Waals surface area contributed by atoms with Crippen molar-refractivity contribution in [3.8, 4) is 11.5 Å². The fraction of sp³-hybridized carbons (Fsp3) is 0.583. The van der Waals surface area contributed by atoms with Gasteiger partial charge in [-0.2, -0.15) is 0 Å². The highest BCUT2D eigenvalue weighted by Gasteiger charge is 2.21. The van der Waals surface area contributed by atoms with Gasteiger partial charge in [0.1, 0.15) is 6.26 Å². The molecule has 1 aromatic carbocycles. The SMILES string of the molecule is CCNC(=NCc1ccc(OC)c(OC2CCCC2)c1)N1CCN(Cc2ccon2)CC1. The van der Waals surface area contributed by atoms with Crippen molar-refractivity contribution in [2.24, 2.45) is 4.99 Å². The van der Waals surface area contributed by atoms with E-state index in [4.69, 9.17) is 19.0 Å². The number of methoxy groups -OCH3 is 1. The molecule has 4 rings (SSSR count). The maximum absolute atomic E-state index is 6.25.